The molecule has 0 bridgehead atoms. The lowest BCUT2D eigenvalue weighted by molar-refractivity contribution is -0.125. The van der Waals surface area contributed by atoms with Gasteiger partial charge < -0.3 is 10.2 Å². The molecular formula is C20H17Cl2FN4O. The van der Waals surface area contributed by atoms with Crippen LogP contribution < -0.4 is 5.32 Å². The summed E-state index contributed by atoms with van der Waals surface area (Å²) in [4.78, 5) is 13.8. The largest absolute Gasteiger partial charge is 0.372 e. The molecule has 8 heteroatoms. The third-order valence-electron chi connectivity index (χ3n) is 5.06. The molecule has 4 rings (SSSR count). The number of hydrogen-bond donors (Lipinski definition) is 1. The summed E-state index contributed by atoms with van der Waals surface area (Å²) >= 11 is 12.6. The smallest absolute Gasteiger partial charge is 0.246 e. The standard InChI is InChI=1S/C20H17Cl2FN4O/c1-2-17(28)26-10-8-20(12-26,18-16(23)6-5-15(21)19(18)22)25-13-3-4-14-7-9-24-27(14)11-13/h2-7,9,11,25H,1,8,10,12H2/t20-/m0/s1. The summed E-state index contributed by atoms with van der Waals surface area (Å²) in [5, 5.41) is 8.03. The second kappa shape index (κ2) is 7.11. The quantitative estimate of drug-likeness (QED) is 0.500. The van der Waals surface area contributed by atoms with Crippen molar-refractivity contribution in [2.75, 3.05) is 18.4 Å². The Hall–Kier alpha value is -2.57. The fourth-order valence-electron chi connectivity index (χ4n) is 3.73. The van der Waals surface area contributed by atoms with Crippen LogP contribution in [0.5, 0.6) is 0 Å². The molecule has 1 fully saturated rings. The predicted octanol–water partition coefficient (Wildman–Crippen LogP) is 4.51. The van der Waals surface area contributed by atoms with Crippen LogP contribution in [-0.2, 0) is 10.3 Å². The highest BCUT2D eigenvalue weighted by Crippen LogP contribution is 2.43. The number of amides is 1. The van der Waals surface area contributed by atoms with Crippen molar-refractivity contribution in [3.63, 3.8) is 0 Å². The normalized spacial score (nSPS) is 19.2. The van der Waals surface area contributed by atoms with Gasteiger partial charge in [-0.15, -0.1) is 0 Å². The molecule has 144 valence electrons. The summed E-state index contributed by atoms with van der Waals surface area (Å²) < 4.78 is 16.6. The molecule has 1 saturated heterocycles. The lowest BCUT2D eigenvalue weighted by Crippen LogP contribution is -2.41. The van der Waals surface area contributed by atoms with Gasteiger partial charge in [-0.3, -0.25) is 4.79 Å². The Morgan fingerprint density at radius 2 is 2.11 bits per heavy atom. The summed E-state index contributed by atoms with van der Waals surface area (Å²) in [6.07, 6.45) is 5.22. The van der Waals surface area contributed by atoms with E-state index >= 15 is 0 Å². The van der Waals surface area contributed by atoms with Crippen LogP contribution in [0.3, 0.4) is 0 Å². The predicted molar refractivity (Wildman–Crippen MR) is 108 cm³/mol. The zero-order valence-electron chi connectivity index (χ0n) is 14.8. The molecule has 3 heterocycles. The van der Waals surface area contributed by atoms with E-state index < -0.39 is 11.4 Å². The zero-order valence-corrected chi connectivity index (χ0v) is 16.3. The molecule has 0 spiro atoms. The minimum Gasteiger partial charge on any atom is -0.372 e. The van der Waals surface area contributed by atoms with Gasteiger partial charge in [0.15, 0.2) is 0 Å². The highest BCUT2D eigenvalue weighted by molar-refractivity contribution is 6.42. The molecule has 1 aliphatic rings. The molecule has 28 heavy (non-hydrogen) atoms. The maximum Gasteiger partial charge on any atom is 0.246 e. The van der Waals surface area contributed by atoms with Crippen molar-refractivity contribution in [1.29, 1.82) is 0 Å². The minimum atomic E-state index is -0.939. The molecule has 3 aromatic rings. The Morgan fingerprint density at radius 1 is 1.29 bits per heavy atom. The lowest BCUT2D eigenvalue weighted by atomic mass is 9.88. The van der Waals surface area contributed by atoms with Gasteiger partial charge in [0.1, 0.15) is 5.82 Å². The molecule has 1 aliphatic heterocycles. The van der Waals surface area contributed by atoms with E-state index in [0.29, 0.717) is 13.0 Å². The third-order valence-corrected chi connectivity index (χ3v) is 5.86. The summed E-state index contributed by atoms with van der Waals surface area (Å²) in [6.45, 7) is 4.21. The number of carbonyl (C=O) groups excluding carboxylic acids is 1. The number of carbonyl (C=O) groups is 1. The van der Waals surface area contributed by atoms with Gasteiger partial charge in [-0.05, 0) is 42.8 Å². The molecule has 1 N–H and O–H groups in total. The first-order chi connectivity index (χ1) is 13.4. The molecule has 1 amide bonds. The van der Waals surface area contributed by atoms with Crippen LogP contribution in [0.4, 0.5) is 10.1 Å². The maximum atomic E-state index is 14.9. The minimum absolute atomic E-state index is 0.141. The third kappa shape index (κ3) is 3.12. The van der Waals surface area contributed by atoms with Gasteiger partial charge >= 0.3 is 0 Å². The molecular weight excluding hydrogens is 402 g/mol. The first kappa shape index (κ1) is 18.8. The van der Waals surface area contributed by atoms with E-state index in [0.717, 1.165) is 11.2 Å². The number of pyridine rings is 1. The number of halogens is 3. The second-order valence-electron chi connectivity index (χ2n) is 6.76. The highest BCUT2D eigenvalue weighted by Gasteiger charge is 2.44. The Bertz CT molecular complexity index is 1080. The number of benzene rings is 1. The van der Waals surface area contributed by atoms with Crippen LogP contribution >= 0.6 is 23.2 Å². The van der Waals surface area contributed by atoms with Crippen molar-refractivity contribution in [2.24, 2.45) is 0 Å². The maximum absolute atomic E-state index is 14.9. The van der Waals surface area contributed by atoms with Crippen LogP contribution in [0.25, 0.3) is 5.52 Å². The Morgan fingerprint density at radius 3 is 2.89 bits per heavy atom. The topological polar surface area (TPSA) is 49.6 Å². The van der Waals surface area contributed by atoms with E-state index in [9.17, 15) is 9.18 Å². The number of anilines is 1. The van der Waals surface area contributed by atoms with Crippen molar-refractivity contribution >= 4 is 40.3 Å². The number of fused-ring (bicyclic) bond motifs is 1. The molecule has 1 aromatic carbocycles. The summed E-state index contributed by atoms with van der Waals surface area (Å²) in [7, 11) is 0. The SMILES string of the molecule is C=CC(=O)N1CC[C@@](Nc2ccc3ccnn3c2)(c2c(F)ccc(Cl)c2Cl)C1. The fourth-order valence-corrected chi connectivity index (χ4v) is 4.22. The Balaban J connectivity index is 1.81. The number of hydrogen-bond acceptors (Lipinski definition) is 3. The molecule has 2 aromatic heterocycles. The van der Waals surface area contributed by atoms with Crippen LogP contribution in [0.2, 0.25) is 10.0 Å². The molecule has 0 radical (unpaired) electrons. The van der Waals surface area contributed by atoms with E-state index in [4.69, 9.17) is 23.2 Å². The van der Waals surface area contributed by atoms with Crippen molar-refractivity contribution in [3.8, 4) is 0 Å². The molecule has 0 unspecified atom stereocenters. The fraction of sp³-hybridized carbons (Fsp3) is 0.200. The lowest BCUT2D eigenvalue weighted by Gasteiger charge is -2.33. The summed E-state index contributed by atoms with van der Waals surface area (Å²) in [5.74, 6) is -0.695. The first-order valence-corrected chi connectivity index (χ1v) is 9.46. The van der Waals surface area contributed by atoms with E-state index in [1.807, 2.05) is 24.4 Å². The van der Waals surface area contributed by atoms with E-state index in [2.05, 4.69) is 17.0 Å². The summed E-state index contributed by atoms with van der Waals surface area (Å²) in [6, 6.07) is 8.39. The van der Waals surface area contributed by atoms with Gasteiger partial charge in [-0.25, -0.2) is 8.91 Å². The number of rotatable bonds is 4. The van der Waals surface area contributed by atoms with Gasteiger partial charge in [0.2, 0.25) is 5.91 Å². The average Bonchev–Trinajstić information content (AvgIpc) is 3.32. The van der Waals surface area contributed by atoms with E-state index in [1.54, 1.807) is 15.6 Å². The van der Waals surface area contributed by atoms with Crippen molar-refractivity contribution in [3.05, 3.63) is 76.8 Å². The molecule has 5 nitrogen and oxygen atoms in total. The Labute approximate surface area is 171 Å². The van der Waals surface area contributed by atoms with E-state index in [1.165, 1.54) is 18.2 Å². The zero-order chi connectivity index (χ0) is 19.9. The van der Waals surface area contributed by atoms with Crippen LogP contribution in [-0.4, -0.2) is 33.5 Å². The van der Waals surface area contributed by atoms with Crippen LogP contribution in [0.15, 0.2) is 55.4 Å². The van der Waals surface area contributed by atoms with Crippen molar-refractivity contribution < 1.29 is 9.18 Å². The number of aromatic nitrogens is 2. The second-order valence-corrected chi connectivity index (χ2v) is 7.54. The molecule has 1 atom stereocenters. The van der Waals surface area contributed by atoms with Crippen molar-refractivity contribution in [1.82, 2.24) is 14.5 Å². The Kier molecular flexibility index (Phi) is 4.77. The van der Waals surface area contributed by atoms with Crippen LogP contribution in [0.1, 0.15) is 12.0 Å². The monoisotopic (exact) mass is 418 g/mol. The van der Waals surface area contributed by atoms with Gasteiger partial charge in [0.05, 0.1) is 33.0 Å². The first-order valence-electron chi connectivity index (χ1n) is 8.70. The van der Waals surface area contributed by atoms with E-state index in [-0.39, 0.29) is 28.1 Å². The highest BCUT2D eigenvalue weighted by atomic mass is 35.5. The summed E-state index contributed by atoms with van der Waals surface area (Å²) in [5.41, 5.74) is 0.966. The number of nitrogens with zero attached hydrogens (tertiary/aromatic N) is 3. The average molecular weight is 419 g/mol. The van der Waals surface area contributed by atoms with Gasteiger partial charge in [0.25, 0.3) is 0 Å². The molecule has 0 aliphatic carbocycles. The molecule has 0 saturated carbocycles. The number of likely N-dealkylation sites (tertiary alicyclic amines) is 1. The van der Waals surface area contributed by atoms with Gasteiger partial charge in [0, 0.05) is 24.8 Å². The van der Waals surface area contributed by atoms with Crippen LogP contribution in [0, 0.1) is 5.82 Å². The van der Waals surface area contributed by atoms with Crippen molar-refractivity contribution in [2.45, 2.75) is 12.0 Å². The van der Waals surface area contributed by atoms with Gasteiger partial charge in [-0.1, -0.05) is 29.8 Å². The number of nitrogens with one attached hydrogen (secondary N) is 1. The van der Waals surface area contributed by atoms with Gasteiger partial charge in [-0.2, -0.15) is 5.10 Å².